The third-order valence-corrected chi connectivity index (χ3v) is 9.41. The number of para-hydroxylation sites is 1. The Hall–Kier alpha value is -2.74. The van der Waals surface area contributed by atoms with E-state index in [0.717, 1.165) is 74.5 Å². The van der Waals surface area contributed by atoms with Gasteiger partial charge in [-0.05, 0) is 75.3 Å². The molecule has 3 aromatic rings. The van der Waals surface area contributed by atoms with Crippen molar-refractivity contribution in [2.24, 2.45) is 23.2 Å². The molecule has 184 valence electrons. The lowest BCUT2D eigenvalue weighted by atomic mass is 9.49. The van der Waals surface area contributed by atoms with Crippen LogP contribution in [0.25, 0.3) is 16.7 Å². The number of carbonyl (C=O) groups excluding carboxylic acids is 1. The largest absolute Gasteiger partial charge is 0.340 e. The van der Waals surface area contributed by atoms with Gasteiger partial charge in [0.1, 0.15) is 0 Å². The topological polar surface area (TPSA) is 75.7 Å². The van der Waals surface area contributed by atoms with Crippen molar-refractivity contribution in [3.8, 4) is 0 Å². The first kappa shape index (κ1) is 21.5. The van der Waals surface area contributed by atoms with Crippen LogP contribution in [-0.2, 0) is 17.9 Å². The second-order valence-corrected chi connectivity index (χ2v) is 11.6. The van der Waals surface area contributed by atoms with E-state index in [1.807, 2.05) is 35.6 Å². The van der Waals surface area contributed by atoms with Crippen molar-refractivity contribution in [2.75, 3.05) is 26.2 Å². The Bertz CT molecular complexity index is 1330. The van der Waals surface area contributed by atoms with Gasteiger partial charge in [-0.1, -0.05) is 12.1 Å². The molecule has 0 unspecified atom stereocenters. The number of hydrogen-bond acceptors (Lipinski definition) is 5. The summed E-state index contributed by atoms with van der Waals surface area (Å²) >= 11 is 0. The molecular weight excluding hydrogens is 440 g/mol. The van der Waals surface area contributed by atoms with Gasteiger partial charge >= 0.3 is 0 Å². The molecule has 0 spiro atoms. The highest BCUT2D eigenvalue weighted by molar-refractivity contribution is 5.83. The van der Waals surface area contributed by atoms with Crippen molar-refractivity contribution >= 4 is 22.6 Å². The molecule has 0 radical (unpaired) electrons. The lowest BCUT2D eigenvalue weighted by molar-refractivity contribution is -0.159. The predicted molar refractivity (Wildman–Crippen MR) is 133 cm³/mol. The molecule has 8 heteroatoms. The Morgan fingerprint density at radius 2 is 1.63 bits per heavy atom. The van der Waals surface area contributed by atoms with Crippen LogP contribution >= 0.6 is 0 Å². The van der Waals surface area contributed by atoms with Crippen LogP contribution in [0.15, 0.2) is 29.1 Å². The lowest BCUT2D eigenvalue weighted by Gasteiger charge is -2.57. The third kappa shape index (κ3) is 3.29. The SMILES string of the molecule is CCn1c(=O)c2ccccc2n2c(CN3CCN(C(=O)C45CC6CC(CC(C6)C4)C5)CC3)nnc12. The van der Waals surface area contributed by atoms with E-state index in [-0.39, 0.29) is 11.0 Å². The third-order valence-electron chi connectivity index (χ3n) is 9.41. The van der Waals surface area contributed by atoms with Crippen molar-refractivity contribution in [3.63, 3.8) is 0 Å². The molecule has 0 atom stereocenters. The van der Waals surface area contributed by atoms with Gasteiger partial charge in [-0.15, -0.1) is 10.2 Å². The standard InChI is InChI=1S/C27H34N6O2/c1-2-32-24(34)21-5-3-4-6-22(21)33-23(28-29-26(32)33)17-30-7-9-31(10-8-30)25(35)27-14-18-11-19(15-27)13-20(12-18)16-27/h3-6,18-20H,2,7-17H2,1H3. The first-order valence-electron chi connectivity index (χ1n) is 13.4. The van der Waals surface area contributed by atoms with Crippen LogP contribution < -0.4 is 5.56 Å². The number of hydrogen-bond donors (Lipinski definition) is 0. The van der Waals surface area contributed by atoms with Crippen molar-refractivity contribution in [3.05, 3.63) is 40.4 Å². The smallest absolute Gasteiger partial charge is 0.262 e. The van der Waals surface area contributed by atoms with Crippen molar-refractivity contribution < 1.29 is 4.79 Å². The number of benzene rings is 1. The fraction of sp³-hybridized carbons (Fsp3) is 0.630. The van der Waals surface area contributed by atoms with Crippen molar-refractivity contribution in [1.29, 1.82) is 0 Å². The maximum absolute atomic E-state index is 13.7. The highest BCUT2D eigenvalue weighted by Crippen LogP contribution is 2.60. The number of rotatable bonds is 4. The minimum absolute atomic E-state index is 0.0219. The molecule has 3 heterocycles. The Morgan fingerprint density at radius 3 is 2.29 bits per heavy atom. The number of aromatic nitrogens is 4. The number of amides is 1. The Balaban J connectivity index is 1.10. The van der Waals surface area contributed by atoms with Crippen LogP contribution in [0.5, 0.6) is 0 Å². The van der Waals surface area contributed by atoms with Gasteiger partial charge in [-0.2, -0.15) is 0 Å². The summed E-state index contributed by atoms with van der Waals surface area (Å²) < 4.78 is 3.73. The molecule has 1 saturated heterocycles. The maximum Gasteiger partial charge on any atom is 0.262 e. The van der Waals surface area contributed by atoms with Crippen LogP contribution in [0.4, 0.5) is 0 Å². The van der Waals surface area contributed by atoms with E-state index in [0.29, 0.717) is 30.2 Å². The van der Waals surface area contributed by atoms with Gasteiger partial charge in [0.2, 0.25) is 11.7 Å². The van der Waals surface area contributed by atoms with Crippen LogP contribution in [0, 0.1) is 23.2 Å². The molecule has 0 N–H and O–H groups in total. The molecule has 4 saturated carbocycles. The lowest BCUT2D eigenvalue weighted by Crippen LogP contribution is -2.58. The normalized spacial score (nSPS) is 30.5. The molecule has 8 nitrogen and oxygen atoms in total. The number of nitrogens with zero attached hydrogens (tertiary/aromatic N) is 6. The number of aryl methyl sites for hydroxylation is 1. The van der Waals surface area contributed by atoms with Crippen LogP contribution in [-0.4, -0.2) is 61.1 Å². The van der Waals surface area contributed by atoms with E-state index >= 15 is 0 Å². The van der Waals surface area contributed by atoms with E-state index < -0.39 is 0 Å². The minimum atomic E-state index is -0.0527. The van der Waals surface area contributed by atoms with E-state index in [9.17, 15) is 9.59 Å². The van der Waals surface area contributed by atoms with Gasteiger partial charge in [-0.3, -0.25) is 23.5 Å². The van der Waals surface area contributed by atoms with Gasteiger partial charge in [0, 0.05) is 32.7 Å². The Morgan fingerprint density at radius 1 is 0.971 bits per heavy atom. The molecule has 5 fully saturated rings. The predicted octanol–water partition coefficient (Wildman–Crippen LogP) is 2.92. The highest BCUT2D eigenvalue weighted by atomic mass is 16.2. The number of piperazine rings is 1. The van der Waals surface area contributed by atoms with E-state index in [1.165, 1.54) is 19.3 Å². The van der Waals surface area contributed by atoms with Gasteiger partial charge in [-0.25, -0.2) is 0 Å². The fourth-order valence-electron chi connectivity index (χ4n) is 8.22. The second-order valence-electron chi connectivity index (χ2n) is 11.6. The van der Waals surface area contributed by atoms with Crippen LogP contribution in [0.2, 0.25) is 0 Å². The number of fused-ring (bicyclic) bond motifs is 3. The summed E-state index contributed by atoms with van der Waals surface area (Å²) in [5.41, 5.74) is 0.780. The summed E-state index contributed by atoms with van der Waals surface area (Å²) in [6.45, 7) is 6.44. The molecule has 8 rings (SSSR count). The van der Waals surface area contributed by atoms with Crippen LogP contribution in [0.1, 0.15) is 51.3 Å². The fourth-order valence-corrected chi connectivity index (χ4v) is 8.22. The average molecular weight is 475 g/mol. The molecule has 1 aliphatic heterocycles. The van der Waals surface area contributed by atoms with E-state index in [4.69, 9.17) is 0 Å². The number of carbonyl (C=O) groups is 1. The minimum Gasteiger partial charge on any atom is -0.340 e. The molecule has 35 heavy (non-hydrogen) atoms. The summed E-state index contributed by atoms with van der Waals surface area (Å²) in [4.78, 5) is 31.2. The highest BCUT2D eigenvalue weighted by Gasteiger charge is 2.55. The average Bonchev–Trinajstić information content (AvgIpc) is 3.27. The molecular formula is C27H34N6O2. The van der Waals surface area contributed by atoms with E-state index in [1.54, 1.807) is 4.57 Å². The second kappa shape index (κ2) is 7.88. The summed E-state index contributed by atoms with van der Waals surface area (Å²) in [6.07, 6.45) is 7.51. The quantitative estimate of drug-likeness (QED) is 0.581. The monoisotopic (exact) mass is 474 g/mol. The summed E-state index contributed by atoms with van der Waals surface area (Å²) in [6, 6.07) is 7.70. The Kier molecular flexibility index (Phi) is 4.85. The van der Waals surface area contributed by atoms with Crippen molar-refractivity contribution in [1.82, 2.24) is 29.0 Å². The molecule has 1 aromatic carbocycles. The Labute approximate surface area is 204 Å². The zero-order valence-corrected chi connectivity index (χ0v) is 20.5. The maximum atomic E-state index is 13.7. The van der Waals surface area contributed by atoms with Gasteiger partial charge in [0.15, 0.2) is 5.82 Å². The van der Waals surface area contributed by atoms with Crippen molar-refractivity contribution in [2.45, 2.75) is 58.5 Å². The van der Waals surface area contributed by atoms with Gasteiger partial charge in [0.05, 0.1) is 22.9 Å². The molecule has 2 aromatic heterocycles. The molecule has 5 aliphatic rings. The van der Waals surface area contributed by atoms with E-state index in [2.05, 4.69) is 20.0 Å². The van der Waals surface area contributed by atoms with Gasteiger partial charge in [0.25, 0.3) is 5.56 Å². The first-order valence-corrected chi connectivity index (χ1v) is 13.4. The summed E-state index contributed by atoms with van der Waals surface area (Å²) in [5, 5.41) is 9.59. The van der Waals surface area contributed by atoms with Crippen LogP contribution in [0.3, 0.4) is 0 Å². The zero-order valence-electron chi connectivity index (χ0n) is 20.5. The zero-order chi connectivity index (χ0) is 23.7. The summed E-state index contributed by atoms with van der Waals surface area (Å²) in [5.74, 6) is 4.28. The summed E-state index contributed by atoms with van der Waals surface area (Å²) in [7, 11) is 0. The van der Waals surface area contributed by atoms with Gasteiger partial charge < -0.3 is 4.90 Å². The molecule has 4 bridgehead atoms. The first-order chi connectivity index (χ1) is 17.0. The molecule has 1 amide bonds. The molecule has 4 aliphatic carbocycles.